The van der Waals surface area contributed by atoms with E-state index < -0.39 is 0 Å². The lowest BCUT2D eigenvalue weighted by Gasteiger charge is -2.33. The van der Waals surface area contributed by atoms with Crippen molar-refractivity contribution in [2.75, 3.05) is 49.6 Å². The molecule has 12 heteroatoms. The van der Waals surface area contributed by atoms with Crippen LogP contribution in [0.15, 0.2) is 67.0 Å². The van der Waals surface area contributed by atoms with Gasteiger partial charge in [0, 0.05) is 66.8 Å². The van der Waals surface area contributed by atoms with Crippen molar-refractivity contribution < 1.29 is 14.3 Å². The molecule has 5 heterocycles. The highest BCUT2D eigenvalue weighted by Crippen LogP contribution is 2.23. The Balaban J connectivity index is 1.06. The number of morpholine rings is 1. The molecule has 2 fully saturated rings. The minimum Gasteiger partial charge on any atom is -0.378 e. The van der Waals surface area contributed by atoms with E-state index in [-0.39, 0.29) is 17.9 Å². The first-order chi connectivity index (χ1) is 20.6. The first kappa shape index (κ1) is 26.0. The Hall–Kier alpha value is -4.97. The number of amides is 2. The zero-order chi connectivity index (χ0) is 28.5. The number of carbonyl (C=O) groups is 2. The van der Waals surface area contributed by atoms with Gasteiger partial charge in [-0.15, -0.1) is 0 Å². The summed E-state index contributed by atoms with van der Waals surface area (Å²) in [5, 5.41) is 7.55. The first-order valence-corrected chi connectivity index (χ1v) is 14.2. The largest absolute Gasteiger partial charge is 0.378 e. The van der Waals surface area contributed by atoms with Gasteiger partial charge < -0.3 is 30.2 Å². The third-order valence-corrected chi connectivity index (χ3v) is 7.76. The highest BCUT2D eigenvalue weighted by molar-refractivity contribution is 5.98. The van der Waals surface area contributed by atoms with Crippen molar-refractivity contribution in [1.82, 2.24) is 34.6 Å². The number of fused-ring (bicyclic) bond motifs is 2. The van der Waals surface area contributed by atoms with Gasteiger partial charge in [0.2, 0.25) is 17.7 Å². The molecule has 2 saturated heterocycles. The second kappa shape index (κ2) is 11.1. The quantitative estimate of drug-likeness (QED) is 0.286. The number of piperidine rings is 1. The zero-order valence-electron chi connectivity index (χ0n) is 23.0. The van der Waals surface area contributed by atoms with Gasteiger partial charge in [-0.2, -0.15) is 9.97 Å². The lowest BCUT2D eigenvalue weighted by Crippen LogP contribution is -2.48. The number of para-hydroxylation sites is 1. The molecule has 2 amide bonds. The van der Waals surface area contributed by atoms with Crippen molar-refractivity contribution in [2.45, 2.75) is 18.9 Å². The summed E-state index contributed by atoms with van der Waals surface area (Å²) < 4.78 is 7.15. The summed E-state index contributed by atoms with van der Waals surface area (Å²) in [4.78, 5) is 46.9. The summed E-state index contributed by atoms with van der Waals surface area (Å²) in [7, 11) is 0. The molecular weight excluding hydrogens is 534 g/mol. The maximum Gasteiger partial charge on any atom is 0.268 e. The summed E-state index contributed by atoms with van der Waals surface area (Å²) in [5.74, 6) is 1.50. The Bertz CT molecular complexity index is 1710. The van der Waals surface area contributed by atoms with E-state index in [1.165, 1.54) is 0 Å². The summed E-state index contributed by atoms with van der Waals surface area (Å²) >= 11 is 0. The van der Waals surface area contributed by atoms with Crippen molar-refractivity contribution in [3.8, 4) is 0 Å². The molecule has 42 heavy (non-hydrogen) atoms. The Morgan fingerprint density at radius 3 is 2.67 bits per heavy atom. The molecule has 2 aliphatic rings. The normalized spacial score (nSPS) is 17.5. The molecule has 0 bridgehead atoms. The Morgan fingerprint density at radius 2 is 1.83 bits per heavy atom. The topological polar surface area (TPSA) is 133 Å². The van der Waals surface area contributed by atoms with E-state index in [1.54, 1.807) is 16.8 Å². The van der Waals surface area contributed by atoms with Crippen LogP contribution in [0.2, 0.25) is 0 Å². The zero-order valence-corrected chi connectivity index (χ0v) is 23.0. The SMILES string of the molecule is O=C(NC1CCCN(c2nc(Nc3ccc(C(=O)N4CCOCC4)cc3)n3ccnc3n2)C1)c1cc2ccccc2[nH]1. The summed E-state index contributed by atoms with van der Waals surface area (Å²) in [6, 6.07) is 17.1. The molecule has 0 spiro atoms. The lowest BCUT2D eigenvalue weighted by atomic mass is 10.1. The number of ether oxygens (including phenoxy) is 1. The highest BCUT2D eigenvalue weighted by Gasteiger charge is 2.25. The number of aromatic nitrogens is 5. The summed E-state index contributed by atoms with van der Waals surface area (Å²) in [6.45, 7) is 3.69. The van der Waals surface area contributed by atoms with Crippen LogP contribution in [0.1, 0.15) is 33.7 Å². The van der Waals surface area contributed by atoms with Gasteiger partial charge in [-0.3, -0.25) is 14.0 Å². The molecule has 3 N–H and O–H groups in total. The average Bonchev–Trinajstić information content (AvgIpc) is 3.69. The Morgan fingerprint density at radius 1 is 1.00 bits per heavy atom. The average molecular weight is 566 g/mol. The van der Waals surface area contributed by atoms with Crippen LogP contribution in [-0.2, 0) is 4.74 Å². The van der Waals surface area contributed by atoms with E-state index in [0.717, 1.165) is 36.0 Å². The van der Waals surface area contributed by atoms with E-state index in [9.17, 15) is 9.59 Å². The number of imidazole rings is 1. The molecule has 1 atom stereocenters. The number of hydrogen-bond acceptors (Lipinski definition) is 8. The van der Waals surface area contributed by atoms with Crippen molar-refractivity contribution in [2.24, 2.45) is 0 Å². The monoisotopic (exact) mass is 565 g/mol. The first-order valence-electron chi connectivity index (χ1n) is 14.2. The second-order valence-electron chi connectivity index (χ2n) is 10.6. The fraction of sp³-hybridized carbons (Fsp3) is 0.300. The van der Waals surface area contributed by atoms with Gasteiger partial charge in [0.05, 0.1) is 13.2 Å². The number of anilines is 3. The molecule has 2 aliphatic heterocycles. The van der Waals surface area contributed by atoms with Gasteiger partial charge in [0.25, 0.3) is 11.8 Å². The van der Waals surface area contributed by atoms with Crippen molar-refractivity contribution in [3.05, 3.63) is 78.2 Å². The molecule has 7 rings (SSSR count). The van der Waals surface area contributed by atoms with Gasteiger partial charge in [-0.05, 0) is 49.2 Å². The molecule has 1 unspecified atom stereocenters. The standard InChI is InChI=1S/C30H31N9O3/c40-26(25-18-21-4-1-2-6-24(21)34-25)32-23-5-3-12-38(19-23)29-35-28-31-11-13-39(28)30(36-29)33-22-9-7-20(8-10-22)27(41)37-14-16-42-17-15-37/h1-2,4,6-11,13,18,23,34H,3,5,12,14-17,19H2,(H,32,40)(H,31,33,35,36). The van der Waals surface area contributed by atoms with Crippen LogP contribution in [0.3, 0.4) is 0 Å². The predicted octanol–water partition coefficient (Wildman–Crippen LogP) is 3.22. The third kappa shape index (κ3) is 5.23. The minimum atomic E-state index is -0.124. The minimum absolute atomic E-state index is 0.00227. The molecule has 0 saturated carbocycles. The predicted molar refractivity (Wildman–Crippen MR) is 158 cm³/mol. The van der Waals surface area contributed by atoms with Crippen LogP contribution in [0, 0.1) is 0 Å². The van der Waals surface area contributed by atoms with Gasteiger partial charge in [-0.25, -0.2) is 4.98 Å². The van der Waals surface area contributed by atoms with Crippen molar-refractivity contribution in [1.29, 1.82) is 0 Å². The molecule has 2 aromatic carbocycles. The molecule has 3 aromatic heterocycles. The molecule has 0 aliphatic carbocycles. The Labute approximate surface area is 241 Å². The van der Waals surface area contributed by atoms with Crippen molar-refractivity contribution >= 4 is 46.1 Å². The third-order valence-electron chi connectivity index (χ3n) is 7.76. The molecule has 0 radical (unpaired) electrons. The van der Waals surface area contributed by atoms with E-state index in [1.807, 2.05) is 59.5 Å². The second-order valence-corrected chi connectivity index (χ2v) is 10.6. The highest BCUT2D eigenvalue weighted by atomic mass is 16.5. The number of carbonyl (C=O) groups excluding carboxylic acids is 2. The fourth-order valence-corrected chi connectivity index (χ4v) is 5.55. The maximum absolute atomic E-state index is 13.0. The number of rotatable bonds is 6. The van der Waals surface area contributed by atoms with E-state index in [0.29, 0.717) is 61.8 Å². The molecule has 12 nitrogen and oxygen atoms in total. The van der Waals surface area contributed by atoms with E-state index >= 15 is 0 Å². The number of nitrogens with zero attached hydrogens (tertiary/aromatic N) is 6. The van der Waals surface area contributed by atoms with Crippen LogP contribution >= 0.6 is 0 Å². The number of H-pyrrole nitrogens is 1. The van der Waals surface area contributed by atoms with Gasteiger partial charge in [-0.1, -0.05) is 18.2 Å². The summed E-state index contributed by atoms with van der Waals surface area (Å²) in [6.07, 6.45) is 5.25. The molecule has 214 valence electrons. The van der Waals surface area contributed by atoms with Crippen LogP contribution in [0.5, 0.6) is 0 Å². The van der Waals surface area contributed by atoms with Crippen LogP contribution < -0.4 is 15.5 Å². The van der Waals surface area contributed by atoms with E-state index in [4.69, 9.17) is 14.7 Å². The number of aromatic amines is 1. The lowest BCUT2D eigenvalue weighted by molar-refractivity contribution is 0.0303. The van der Waals surface area contributed by atoms with Crippen LogP contribution in [0.25, 0.3) is 16.7 Å². The number of hydrogen-bond donors (Lipinski definition) is 3. The number of nitrogens with one attached hydrogen (secondary N) is 3. The summed E-state index contributed by atoms with van der Waals surface area (Å²) in [5.41, 5.74) is 2.91. The van der Waals surface area contributed by atoms with Crippen LogP contribution in [0.4, 0.5) is 17.6 Å². The molecular formula is C30H31N9O3. The van der Waals surface area contributed by atoms with Gasteiger partial charge in [0.15, 0.2) is 0 Å². The number of benzene rings is 2. The smallest absolute Gasteiger partial charge is 0.268 e. The van der Waals surface area contributed by atoms with Gasteiger partial charge >= 0.3 is 0 Å². The van der Waals surface area contributed by atoms with Crippen LogP contribution in [-0.4, -0.2) is 86.5 Å². The molecule has 5 aromatic rings. The fourth-order valence-electron chi connectivity index (χ4n) is 5.55. The maximum atomic E-state index is 13.0. The van der Waals surface area contributed by atoms with Crippen molar-refractivity contribution in [3.63, 3.8) is 0 Å². The Kier molecular flexibility index (Phi) is 6.88. The van der Waals surface area contributed by atoms with E-state index in [2.05, 4.69) is 25.5 Å². The van der Waals surface area contributed by atoms with Gasteiger partial charge in [0.1, 0.15) is 5.69 Å².